The van der Waals surface area contributed by atoms with Crippen molar-refractivity contribution >= 4 is 15.8 Å². The third kappa shape index (κ3) is 1.97. The summed E-state index contributed by atoms with van der Waals surface area (Å²) in [6, 6.07) is 1.57. The molecule has 6 nitrogen and oxygen atoms in total. The van der Waals surface area contributed by atoms with Gasteiger partial charge >= 0.3 is 5.76 Å². The van der Waals surface area contributed by atoms with Gasteiger partial charge in [0.2, 0.25) is 0 Å². The van der Waals surface area contributed by atoms with Crippen LogP contribution in [0.4, 0.5) is 14.6 Å². The summed E-state index contributed by atoms with van der Waals surface area (Å²) in [5.74, 6) is -3.93. The Balaban J connectivity index is 2.97. The van der Waals surface area contributed by atoms with Crippen molar-refractivity contribution in [3.8, 4) is 6.07 Å². The van der Waals surface area contributed by atoms with Crippen LogP contribution in [0.5, 0.6) is 0 Å². The van der Waals surface area contributed by atoms with E-state index in [1.807, 2.05) is 0 Å². The van der Waals surface area contributed by atoms with Gasteiger partial charge in [0.05, 0.1) is 6.20 Å². The van der Waals surface area contributed by atoms with E-state index in [0.29, 0.717) is 0 Å². The Morgan fingerprint density at radius 1 is 1.64 bits per heavy atom. The first-order chi connectivity index (χ1) is 6.47. The molecule has 9 heteroatoms. The van der Waals surface area contributed by atoms with Gasteiger partial charge in [-0.3, -0.25) is 9.82 Å². The summed E-state index contributed by atoms with van der Waals surface area (Å²) < 4.78 is 46.5. The predicted octanol–water partition coefficient (Wildman–Crippen LogP) is 0.246. The number of H-pyrrole nitrogens is 1. The molecule has 0 fully saturated rings. The topological polar surface area (TPSA) is 98.6 Å². The number of alkyl halides is 2. The zero-order valence-corrected chi connectivity index (χ0v) is 7.35. The lowest BCUT2D eigenvalue weighted by atomic mass is 10.4. The quantitative estimate of drug-likeness (QED) is 0.765. The maximum atomic E-state index is 11.9. The van der Waals surface area contributed by atoms with E-state index in [-0.39, 0.29) is 11.4 Å². The maximum absolute atomic E-state index is 11.9. The van der Waals surface area contributed by atoms with Gasteiger partial charge in [0.25, 0.3) is 10.0 Å². The SMILES string of the molecule is N#Cc1cn[nH]c1NS(=O)(=O)C(F)F. The van der Waals surface area contributed by atoms with Crippen LogP contribution >= 0.6 is 0 Å². The number of halogens is 2. The zero-order chi connectivity index (χ0) is 10.8. The summed E-state index contributed by atoms with van der Waals surface area (Å²) in [6.45, 7) is 0. The van der Waals surface area contributed by atoms with E-state index in [0.717, 1.165) is 6.20 Å². The molecule has 76 valence electrons. The number of nitrogens with one attached hydrogen (secondary N) is 2. The lowest BCUT2D eigenvalue weighted by Gasteiger charge is -2.03. The van der Waals surface area contributed by atoms with E-state index in [4.69, 9.17) is 5.26 Å². The van der Waals surface area contributed by atoms with E-state index in [1.165, 1.54) is 4.72 Å². The normalized spacial score (nSPS) is 11.3. The minimum absolute atomic E-state index is 0.158. The Morgan fingerprint density at radius 3 is 2.79 bits per heavy atom. The van der Waals surface area contributed by atoms with Gasteiger partial charge in [-0.05, 0) is 0 Å². The number of nitrogens with zero attached hydrogens (tertiary/aromatic N) is 2. The summed E-state index contributed by atoms with van der Waals surface area (Å²) in [4.78, 5) is 0. The molecule has 1 heterocycles. The number of aromatic amines is 1. The van der Waals surface area contributed by atoms with Crippen molar-refractivity contribution in [1.29, 1.82) is 5.26 Å². The minimum atomic E-state index is -4.76. The number of anilines is 1. The second kappa shape index (κ2) is 3.59. The van der Waals surface area contributed by atoms with Crippen LogP contribution in [0.3, 0.4) is 0 Å². The highest BCUT2D eigenvalue weighted by molar-refractivity contribution is 7.92. The summed E-state index contributed by atoms with van der Waals surface area (Å²) >= 11 is 0. The Kier molecular flexibility index (Phi) is 2.66. The van der Waals surface area contributed by atoms with E-state index < -0.39 is 15.8 Å². The van der Waals surface area contributed by atoms with Crippen molar-refractivity contribution in [2.75, 3.05) is 4.72 Å². The van der Waals surface area contributed by atoms with Gasteiger partial charge < -0.3 is 0 Å². The molecule has 0 saturated heterocycles. The van der Waals surface area contributed by atoms with E-state index in [1.54, 1.807) is 6.07 Å². The number of hydrogen-bond acceptors (Lipinski definition) is 4. The lowest BCUT2D eigenvalue weighted by molar-refractivity contribution is 0.236. The van der Waals surface area contributed by atoms with Crippen LogP contribution in [0.25, 0.3) is 0 Å². The average Bonchev–Trinajstić information content (AvgIpc) is 2.50. The molecule has 1 aromatic rings. The number of rotatable bonds is 3. The third-order valence-corrected chi connectivity index (χ3v) is 2.20. The van der Waals surface area contributed by atoms with Crippen molar-refractivity contribution in [2.45, 2.75) is 5.76 Å². The number of hydrogen-bond donors (Lipinski definition) is 2. The smallest absolute Gasteiger partial charge is 0.262 e. The molecule has 0 atom stereocenters. The Bertz CT molecular complexity index is 460. The van der Waals surface area contributed by atoms with Crippen molar-refractivity contribution in [1.82, 2.24) is 10.2 Å². The second-order valence-electron chi connectivity index (χ2n) is 2.18. The summed E-state index contributed by atoms with van der Waals surface area (Å²) in [6.07, 6.45) is 1.02. The summed E-state index contributed by atoms with van der Waals surface area (Å²) in [5.41, 5.74) is -0.158. The fourth-order valence-corrected chi connectivity index (χ4v) is 1.16. The van der Waals surface area contributed by atoms with Gasteiger partial charge in [0.15, 0.2) is 5.82 Å². The predicted molar refractivity (Wildman–Crippen MR) is 41.8 cm³/mol. The summed E-state index contributed by atoms with van der Waals surface area (Å²) in [5, 5.41) is 13.8. The van der Waals surface area contributed by atoms with Gasteiger partial charge in [-0.1, -0.05) is 0 Å². The zero-order valence-electron chi connectivity index (χ0n) is 6.53. The number of nitriles is 1. The van der Waals surface area contributed by atoms with Crippen LogP contribution in [-0.2, 0) is 10.0 Å². The van der Waals surface area contributed by atoms with Crippen LogP contribution in [0, 0.1) is 11.3 Å². The maximum Gasteiger partial charge on any atom is 0.355 e. The van der Waals surface area contributed by atoms with Gasteiger partial charge in [-0.15, -0.1) is 0 Å². The largest absolute Gasteiger partial charge is 0.355 e. The summed E-state index contributed by atoms with van der Waals surface area (Å²) in [7, 11) is -4.76. The molecule has 0 amide bonds. The Labute approximate surface area is 77.6 Å². The van der Waals surface area contributed by atoms with Gasteiger partial charge in [0, 0.05) is 0 Å². The van der Waals surface area contributed by atoms with Crippen LogP contribution in [0.1, 0.15) is 5.56 Å². The van der Waals surface area contributed by atoms with E-state index in [9.17, 15) is 17.2 Å². The van der Waals surface area contributed by atoms with Crippen molar-refractivity contribution < 1.29 is 17.2 Å². The molecule has 0 aliphatic heterocycles. The van der Waals surface area contributed by atoms with Crippen molar-refractivity contribution in [3.05, 3.63) is 11.8 Å². The second-order valence-corrected chi connectivity index (χ2v) is 3.83. The van der Waals surface area contributed by atoms with Crippen molar-refractivity contribution in [2.24, 2.45) is 0 Å². The van der Waals surface area contributed by atoms with Crippen LogP contribution in [0.15, 0.2) is 6.20 Å². The van der Waals surface area contributed by atoms with Gasteiger partial charge in [-0.25, -0.2) is 8.42 Å². The highest BCUT2D eigenvalue weighted by Gasteiger charge is 2.25. The molecule has 0 aromatic carbocycles. The minimum Gasteiger partial charge on any atom is -0.262 e. The molecule has 1 rings (SSSR count). The van der Waals surface area contributed by atoms with E-state index in [2.05, 4.69) is 10.2 Å². The number of aromatic nitrogens is 2. The fraction of sp³-hybridized carbons (Fsp3) is 0.200. The molecule has 0 aliphatic rings. The molecule has 2 N–H and O–H groups in total. The first kappa shape index (κ1) is 10.4. The van der Waals surface area contributed by atoms with Crippen molar-refractivity contribution in [3.63, 3.8) is 0 Å². The first-order valence-electron chi connectivity index (χ1n) is 3.20. The highest BCUT2D eigenvalue weighted by atomic mass is 32.2. The highest BCUT2D eigenvalue weighted by Crippen LogP contribution is 2.14. The van der Waals surface area contributed by atoms with E-state index >= 15 is 0 Å². The molecular weight excluding hydrogens is 218 g/mol. The molecular formula is C5H4F2N4O2S. The fourth-order valence-electron chi connectivity index (χ4n) is 0.636. The third-order valence-electron chi connectivity index (χ3n) is 1.24. The molecule has 0 radical (unpaired) electrons. The first-order valence-corrected chi connectivity index (χ1v) is 4.75. The van der Waals surface area contributed by atoms with Gasteiger partial charge in [-0.2, -0.15) is 19.1 Å². The molecule has 1 aromatic heterocycles. The molecule has 14 heavy (non-hydrogen) atoms. The molecule has 0 aliphatic carbocycles. The van der Waals surface area contributed by atoms with Crippen LogP contribution < -0.4 is 4.72 Å². The Hall–Kier alpha value is -1.69. The lowest BCUT2D eigenvalue weighted by Crippen LogP contribution is -2.21. The Morgan fingerprint density at radius 2 is 2.29 bits per heavy atom. The number of sulfonamides is 1. The van der Waals surface area contributed by atoms with Crippen LogP contribution in [-0.4, -0.2) is 24.4 Å². The molecule has 0 saturated carbocycles. The molecule has 0 unspecified atom stereocenters. The van der Waals surface area contributed by atoms with Gasteiger partial charge in [0.1, 0.15) is 11.6 Å². The molecule has 0 bridgehead atoms. The van der Waals surface area contributed by atoms with Crippen LogP contribution in [0.2, 0.25) is 0 Å². The standard InChI is InChI=1S/C5H4F2N4O2S/c6-5(7)14(12,13)11-4-3(1-8)2-9-10-4/h2,5H,(H2,9,10,11). The molecule has 0 spiro atoms. The monoisotopic (exact) mass is 222 g/mol. The average molecular weight is 222 g/mol.